The van der Waals surface area contributed by atoms with Crippen molar-refractivity contribution in [3.05, 3.63) is 23.9 Å². The van der Waals surface area contributed by atoms with E-state index in [4.69, 9.17) is 4.74 Å². The van der Waals surface area contributed by atoms with Gasteiger partial charge in [0.1, 0.15) is 6.10 Å². The zero-order chi connectivity index (χ0) is 11.9. The standard InChI is InChI=1S/C14H22N2O/c1-2-9-15-11-12-6-5-10-16-14(12)17-13-7-3-4-8-13/h5-6,10,13,15H,2-4,7-9,11H2,1H3. The van der Waals surface area contributed by atoms with Gasteiger partial charge in [-0.3, -0.25) is 0 Å². The smallest absolute Gasteiger partial charge is 0.218 e. The summed E-state index contributed by atoms with van der Waals surface area (Å²) in [6.07, 6.45) is 8.29. The van der Waals surface area contributed by atoms with Crippen LogP contribution in [0.5, 0.6) is 5.88 Å². The SMILES string of the molecule is CCCNCc1cccnc1OC1CCCC1. The summed E-state index contributed by atoms with van der Waals surface area (Å²) in [5.74, 6) is 0.822. The van der Waals surface area contributed by atoms with Gasteiger partial charge in [-0.15, -0.1) is 0 Å². The molecule has 3 nitrogen and oxygen atoms in total. The van der Waals surface area contributed by atoms with Gasteiger partial charge in [0.15, 0.2) is 0 Å². The molecule has 1 fully saturated rings. The fourth-order valence-electron chi connectivity index (χ4n) is 2.23. The van der Waals surface area contributed by atoms with E-state index < -0.39 is 0 Å². The lowest BCUT2D eigenvalue weighted by molar-refractivity contribution is 0.199. The topological polar surface area (TPSA) is 34.2 Å². The summed E-state index contributed by atoms with van der Waals surface area (Å²) in [5, 5.41) is 3.40. The van der Waals surface area contributed by atoms with Crippen molar-refractivity contribution in [1.82, 2.24) is 10.3 Å². The van der Waals surface area contributed by atoms with E-state index >= 15 is 0 Å². The van der Waals surface area contributed by atoms with Crippen molar-refractivity contribution < 1.29 is 4.74 Å². The maximum atomic E-state index is 5.99. The van der Waals surface area contributed by atoms with Crippen molar-refractivity contribution >= 4 is 0 Å². The first-order chi connectivity index (χ1) is 8.40. The summed E-state index contributed by atoms with van der Waals surface area (Å²) in [6.45, 7) is 4.06. The number of nitrogens with one attached hydrogen (secondary N) is 1. The molecule has 94 valence electrons. The highest BCUT2D eigenvalue weighted by molar-refractivity contribution is 5.25. The largest absolute Gasteiger partial charge is 0.474 e. The highest BCUT2D eigenvalue weighted by Crippen LogP contribution is 2.24. The molecule has 1 N–H and O–H groups in total. The van der Waals surface area contributed by atoms with Crippen molar-refractivity contribution in [2.24, 2.45) is 0 Å². The Labute approximate surface area is 104 Å². The number of hydrogen-bond acceptors (Lipinski definition) is 3. The fourth-order valence-corrected chi connectivity index (χ4v) is 2.23. The number of rotatable bonds is 6. The van der Waals surface area contributed by atoms with Gasteiger partial charge in [-0.1, -0.05) is 13.0 Å². The first kappa shape index (κ1) is 12.4. The third kappa shape index (κ3) is 3.70. The Morgan fingerprint density at radius 2 is 2.24 bits per heavy atom. The summed E-state index contributed by atoms with van der Waals surface area (Å²) in [5.41, 5.74) is 1.17. The molecule has 0 atom stereocenters. The number of nitrogens with zero attached hydrogens (tertiary/aromatic N) is 1. The Balaban J connectivity index is 1.94. The predicted molar refractivity (Wildman–Crippen MR) is 69.1 cm³/mol. The summed E-state index contributed by atoms with van der Waals surface area (Å²) in [4.78, 5) is 4.36. The molecule has 3 heteroatoms. The highest BCUT2D eigenvalue weighted by Gasteiger charge is 2.18. The van der Waals surface area contributed by atoms with Gasteiger partial charge in [0, 0.05) is 18.3 Å². The minimum atomic E-state index is 0.384. The summed E-state index contributed by atoms with van der Waals surface area (Å²) >= 11 is 0. The zero-order valence-electron chi connectivity index (χ0n) is 10.6. The Bertz CT molecular complexity index is 335. The molecule has 0 unspecified atom stereocenters. The van der Waals surface area contributed by atoms with Crippen LogP contribution >= 0.6 is 0 Å². The minimum absolute atomic E-state index is 0.384. The number of aromatic nitrogens is 1. The highest BCUT2D eigenvalue weighted by atomic mass is 16.5. The fraction of sp³-hybridized carbons (Fsp3) is 0.643. The quantitative estimate of drug-likeness (QED) is 0.768. The average molecular weight is 234 g/mol. The van der Waals surface area contributed by atoms with Crippen LogP contribution in [0.15, 0.2) is 18.3 Å². The molecule has 1 aliphatic rings. The van der Waals surface area contributed by atoms with E-state index in [1.54, 1.807) is 0 Å². The molecular formula is C14H22N2O. The van der Waals surface area contributed by atoms with E-state index in [0.29, 0.717) is 6.10 Å². The van der Waals surface area contributed by atoms with Gasteiger partial charge in [0.05, 0.1) is 0 Å². The zero-order valence-corrected chi connectivity index (χ0v) is 10.6. The van der Waals surface area contributed by atoms with Crippen LogP contribution in [0.3, 0.4) is 0 Å². The van der Waals surface area contributed by atoms with Gasteiger partial charge in [0.25, 0.3) is 0 Å². The molecule has 1 aromatic heterocycles. The van der Waals surface area contributed by atoms with Crippen LogP contribution in [0, 0.1) is 0 Å². The third-order valence-electron chi connectivity index (χ3n) is 3.17. The van der Waals surface area contributed by atoms with E-state index in [0.717, 1.165) is 25.4 Å². The molecule has 0 aromatic carbocycles. The van der Waals surface area contributed by atoms with Gasteiger partial charge in [-0.05, 0) is 44.7 Å². The maximum absolute atomic E-state index is 5.99. The summed E-state index contributed by atoms with van der Waals surface area (Å²) in [7, 11) is 0. The second-order valence-electron chi connectivity index (χ2n) is 4.67. The van der Waals surface area contributed by atoms with Crippen molar-refractivity contribution in [2.45, 2.75) is 51.7 Å². The van der Waals surface area contributed by atoms with E-state index in [1.807, 2.05) is 12.3 Å². The molecular weight excluding hydrogens is 212 g/mol. The molecule has 17 heavy (non-hydrogen) atoms. The first-order valence-corrected chi connectivity index (χ1v) is 6.71. The van der Waals surface area contributed by atoms with E-state index in [-0.39, 0.29) is 0 Å². The summed E-state index contributed by atoms with van der Waals surface area (Å²) in [6, 6.07) is 4.07. The second-order valence-corrected chi connectivity index (χ2v) is 4.67. The second kappa shape index (κ2) is 6.60. The van der Waals surface area contributed by atoms with Gasteiger partial charge in [-0.25, -0.2) is 4.98 Å². The van der Waals surface area contributed by atoms with Crippen molar-refractivity contribution in [3.63, 3.8) is 0 Å². The number of hydrogen-bond donors (Lipinski definition) is 1. The summed E-state index contributed by atoms with van der Waals surface area (Å²) < 4.78 is 5.99. The molecule has 1 saturated carbocycles. The normalized spacial score (nSPS) is 16.3. The average Bonchev–Trinajstić information content (AvgIpc) is 2.84. The van der Waals surface area contributed by atoms with Crippen LogP contribution in [0.4, 0.5) is 0 Å². The van der Waals surface area contributed by atoms with Gasteiger partial charge < -0.3 is 10.1 Å². The van der Waals surface area contributed by atoms with Crippen molar-refractivity contribution in [2.75, 3.05) is 6.54 Å². The van der Waals surface area contributed by atoms with Crippen LogP contribution in [-0.4, -0.2) is 17.6 Å². The van der Waals surface area contributed by atoms with Crippen LogP contribution < -0.4 is 10.1 Å². The van der Waals surface area contributed by atoms with Crippen molar-refractivity contribution in [1.29, 1.82) is 0 Å². The molecule has 0 saturated heterocycles. The van der Waals surface area contributed by atoms with Gasteiger partial charge in [0.2, 0.25) is 5.88 Å². The molecule has 0 radical (unpaired) electrons. The predicted octanol–water partition coefficient (Wildman–Crippen LogP) is 2.90. The van der Waals surface area contributed by atoms with Crippen LogP contribution in [-0.2, 0) is 6.54 Å². The number of pyridine rings is 1. The van der Waals surface area contributed by atoms with Gasteiger partial charge in [-0.2, -0.15) is 0 Å². The minimum Gasteiger partial charge on any atom is -0.474 e. The monoisotopic (exact) mass is 234 g/mol. The first-order valence-electron chi connectivity index (χ1n) is 6.71. The molecule has 1 heterocycles. The molecule has 1 aliphatic carbocycles. The van der Waals surface area contributed by atoms with Crippen LogP contribution in [0.1, 0.15) is 44.6 Å². The lowest BCUT2D eigenvalue weighted by Crippen LogP contribution is -2.17. The molecule has 0 amide bonds. The maximum Gasteiger partial charge on any atom is 0.218 e. The number of ether oxygens (including phenoxy) is 1. The molecule has 1 aromatic rings. The van der Waals surface area contributed by atoms with Gasteiger partial charge >= 0.3 is 0 Å². The molecule has 0 bridgehead atoms. The third-order valence-corrected chi connectivity index (χ3v) is 3.17. The van der Waals surface area contributed by atoms with Crippen LogP contribution in [0.2, 0.25) is 0 Å². The van der Waals surface area contributed by atoms with E-state index in [9.17, 15) is 0 Å². The Hall–Kier alpha value is -1.09. The van der Waals surface area contributed by atoms with Crippen LogP contribution in [0.25, 0.3) is 0 Å². The Morgan fingerprint density at radius 3 is 3.00 bits per heavy atom. The molecule has 0 spiro atoms. The van der Waals surface area contributed by atoms with E-state index in [1.165, 1.54) is 31.2 Å². The van der Waals surface area contributed by atoms with Crippen molar-refractivity contribution in [3.8, 4) is 5.88 Å². The Morgan fingerprint density at radius 1 is 1.41 bits per heavy atom. The lowest BCUT2D eigenvalue weighted by Gasteiger charge is -2.15. The van der Waals surface area contributed by atoms with E-state index in [2.05, 4.69) is 23.3 Å². The molecule has 2 rings (SSSR count). The lowest BCUT2D eigenvalue weighted by atomic mass is 10.2. The molecule has 0 aliphatic heterocycles. The Kier molecular flexibility index (Phi) is 4.80.